The molecule has 4 heteroatoms. The van der Waals surface area contributed by atoms with Gasteiger partial charge in [0, 0.05) is 66.5 Å². The molecule has 4 aliphatic rings. The molecule has 2 atom stereocenters. The quantitative estimate of drug-likeness (QED) is 0.128. The molecule has 0 N–H and O–H groups in total. The molecule has 2 aromatic heterocycles. The predicted octanol–water partition coefficient (Wildman–Crippen LogP) is 31.5. The summed E-state index contributed by atoms with van der Waals surface area (Å²) in [6.45, 7) is 9.72. The number of para-hydroxylation sites is 7. The molecule has 2 aliphatic heterocycles. The van der Waals surface area contributed by atoms with Crippen LogP contribution >= 0.6 is 0 Å². The molecule has 0 saturated carbocycles. The summed E-state index contributed by atoms with van der Waals surface area (Å²) < 4.78 is 5.06. The van der Waals surface area contributed by atoms with Crippen molar-refractivity contribution < 1.29 is 0 Å². The maximum absolute atomic E-state index is 2.53. The Bertz CT molecular complexity index is 7750. The highest BCUT2D eigenvalue weighted by Crippen LogP contribution is 2.65. The Morgan fingerprint density at radius 2 is 0.421 bits per heavy atom. The van der Waals surface area contributed by atoms with Crippen LogP contribution in [0.5, 0.6) is 0 Å². The molecule has 4 nitrogen and oxygen atoms in total. The van der Waals surface area contributed by atoms with Crippen LogP contribution < -0.4 is 9.80 Å². The van der Waals surface area contributed by atoms with Crippen molar-refractivity contribution in [2.24, 2.45) is 0 Å². The van der Waals surface area contributed by atoms with Crippen molar-refractivity contribution >= 4 is 77.7 Å². The Labute approximate surface area is 735 Å². The number of anilines is 6. The van der Waals surface area contributed by atoms with Gasteiger partial charge >= 0.3 is 0 Å². The zero-order chi connectivity index (χ0) is 84.0. The van der Waals surface area contributed by atoms with Crippen LogP contribution in [-0.4, -0.2) is 9.13 Å². The van der Waals surface area contributed by atoms with Gasteiger partial charge < -0.3 is 18.9 Å². The average Bonchev–Trinajstić information content (AvgIpc) is 1.19. The summed E-state index contributed by atoms with van der Waals surface area (Å²) in [6.07, 6.45) is 0. The number of hydrogen-bond donors (Lipinski definition) is 0. The van der Waals surface area contributed by atoms with Crippen LogP contribution in [0.3, 0.4) is 0 Å². The van der Waals surface area contributed by atoms with Crippen molar-refractivity contribution in [2.75, 3.05) is 9.80 Å². The van der Waals surface area contributed by atoms with E-state index in [9.17, 15) is 0 Å². The second-order valence-corrected chi connectivity index (χ2v) is 35.3. The van der Waals surface area contributed by atoms with Crippen LogP contribution in [-0.2, 0) is 21.7 Å². The van der Waals surface area contributed by atoms with E-state index < -0.39 is 10.8 Å². The molecule has 2 spiro atoms. The first-order valence-corrected chi connectivity index (χ1v) is 44.1. The van der Waals surface area contributed by atoms with Gasteiger partial charge in [-0.25, -0.2) is 0 Å². The largest absolute Gasteiger partial charge is 0.311 e. The molecule has 0 saturated heterocycles. The van der Waals surface area contributed by atoms with E-state index in [1.807, 2.05) is 0 Å². The van der Waals surface area contributed by atoms with E-state index in [2.05, 4.69) is 508 Å². The SMILES string of the molecule is CC1(C)c2ccccc2C2(c3ccccc3-n3c4ccccc4c4cccc2c43)c2cccc(-c3ccc(N(c4ccc(-c5ccccc5)cc4)c4ccc(-c5ccccc5)cc4)cc3)c21.CC1(C)c2ccccc2C2(c3ccccc3-n3c4ccccc4c4cccc2c43)c2cccc(-c3ccc(N(c4ccccc4)c4ccc(-c5ccccc5)cc4)cc3)c21. The van der Waals surface area contributed by atoms with Crippen LogP contribution in [0.25, 0.3) is 111 Å². The lowest BCUT2D eigenvalue weighted by Gasteiger charge is -2.50. The molecule has 4 heterocycles. The lowest BCUT2D eigenvalue weighted by molar-refractivity contribution is 0.557. The Kier molecular flexibility index (Phi) is 17.1. The monoisotopic (exact) mass is 1610 g/mol. The Hall–Kier alpha value is -15.6. The highest BCUT2D eigenvalue weighted by molar-refractivity contribution is 6.14. The fourth-order valence-corrected chi connectivity index (χ4v) is 22.7. The number of rotatable bonds is 11. The van der Waals surface area contributed by atoms with Crippen LogP contribution in [0.2, 0.25) is 0 Å². The fraction of sp³-hybridized carbons (Fsp3) is 0.0656. The molecule has 19 aromatic carbocycles. The van der Waals surface area contributed by atoms with Crippen molar-refractivity contribution in [1.29, 1.82) is 0 Å². The van der Waals surface area contributed by atoms with Gasteiger partial charge in [-0.15, -0.1) is 0 Å². The van der Waals surface area contributed by atoms with E-state index in [0.717, 1.165) is 34.1 Å². The summed E-state index contributed by atoms with van der Waals surface area (Å²) in [5, 5.41) is 5.16. The molecule has 0 fully saturated rings. The number of benzene rings is 19. The number of hydrogen-bond acceptors (Lipinski definition) is 2. The highest BCUT2D eigenvalue weighted by Gasteiger charge is 2.55. The standard InChI is InChI=1S/C64H46N2.C58H42N2/c1-63(2)54-24-10-11-25-55(54)64(56-26-12-14-30-60(56)66-59-29-13-9-21-52(59)53-23-16-28-58(64)62(53)66)57-27-15-22-51(61(57)63)47-35-41-50(42-36-47)65(48-37-31-45(32-38-48)43-17-5-3-6-18-43)49-39-33-46(34-40-49)44-19-7-4-8-20-44;1-57(2)48-24-10-11-25-49(48)58(50-26-12-14-30-54(50)60-53-29-13-9-21-46(53)47-23-16-28-52(58)56(47)60)51-27-15-22-45(55(51)57)41-33-37-44(38-34-41)59(42-19-7-4-8-20-42)43-35-31-40(32-36-43)39-17-5-3-6-18-39/h3-42H,1-2H3;3-38H,1-2H3. The molecular weight excluding hydrogens is 1520 g/mol. The molecule has 21 aromatic rings. The smallest absolute Gasteiger partial charge is 0.0748 e. The third-order valence-electron chi connectivity index (χ3n) is 28.1. The van der Waals surface area contributed by atoms with Crippen LogP contribution in [0.1, 0.15) is 94.5 Å². The Morgan fingerprint density at radius 1 is 0.175 bits per heavy atom. The van der Waals surface area contributed by atoms with Gasteiger partial charge in [0.2, 0.25) is 0 Å². The number of aromatic nitrogens is 2. The zero-order valence-electron chi connectivity index (χ0n) is 70.7. The third kappa shape index (κ3) is 11.0. The highest BCUT2D eigenvalue weighted by atomic mass is 15.1. The maximum atomic E-state index is 2.53. The number of fused-ring (bicyclic) bond motifs is 22. The fourth-order valence-electron chi connectivity index (χ4n) is 22.7. The summed E-state index contributed by atoms with van der Waals surface area (Å²) in [6, 6.07) is 171. The van der Waals surface area contributed by atoms with E-state index >= 15 is 0 Å². The Morgan fingerprint density at radius 3 is 0.778 bits per heavy atom. The number of nitrogens with zero attached hydrogens (tertiary/aromatic N) is 4. The van der Waals surface area contributed by atoms with Crippen molar-refractivity contribution in [3.05, 3.63) is 528 Å². The molecule has 126 heavy (non-hydrogen) atoms. The normalized spacial score (nSPS) is 15.5. The molecule has 2 unspecified atom stereocenters. The van der Waals surface area contributed by atoms with E-state index in [0.29, 0.717) is 0 Å². The van der Waals surface area contributed by atoms with E-state index in [-0.39, 0.29) is 10.8 Å². The van der Waals surface area contributed by atoms with E-state index in [1.165, 1.54) is 177 Å². The van der Waals surface area contributed by atoms with Crippen molar-refractivity contribution in [3.8, 4) is 67.0 Å². The lowest BCUT2D eigenvalue weighted by Crippen LogP contribution is -2.44. The first kappa shape index (κ1) is 74.2. The summed E-state index contributed by atoms with van der Waals surface area (Å²) in [5.74, 6) is 0. The first-order chi connectivity index (χ1) is 62.1. The summed E-state index contributed by atoms with van der Waals surface area (Å²) >= 11 is 0. The predicted molar refractivity (Wildman–Crippen MR) is 526 cm³/mol. The van der Waals surface area contributed by atoms with Gasteiger partial charge in [-0.3, -0.25) is 0 Å². The molecule has 596 valence electrons. The molecule has 25 rings (SSSR count). The second kappa shape index (κ2) is 29.0. The van der Waals surface area contributed by atoms with Crippen LogP contribution in [0.4, 0.5) is 34.1 Å². The molecule has 0 bridgehead atoms. The van der Waals surface area contributed by atoms with Gasteiger partial charge in [0.1, 0.15) is 0 Å². The molecule has 0 amide bonds. The van der Waals surface area contributed by atoms with Gasteiger partial charge in [-0.05, 0) is 219 Å². The minimum atomic E-state index is -0.549. The maximum Gasteiger partial charge on any atom is 0.0748 e. The van der Waals surface area contributed by atoms with Crippen molar-refractivity contribution in [1.82, 2.24) is 9.13 Å². The van der Waals surface area contributed by atoms with Crippen molar-refractivity contribution in [2.45, 2.75) is 49.4 Å². The van der Waals surface area contributed by atoms with E-state index in [4.69, 9.17) is 0 Å². The Balaban J connectivity index is 0.000000142. The summed E-state index contributed by atoms with van der Waals surface area (Å²) in [5.41, 5.74) is 41.0. The topological polar surface area (TPSA) is 16.3 Å². The summed E-state index contributed by atoms with van der Waals surface area (Å²) in [4.78, 5) is 4.73. The minimum Gasteiger partial charge on any atom is -0.311 e. The average molecular weight is 1610 g/mol. The van der Waals surface area contributed by atoms with E-state index in [1.54, 1.807) is 0 Å². The van der Waals surface area contributed by atoms with Gasteiger partial charge in [0.25, 0.3) is 0 Å². The van der Waals surface area contributed by atoms with Gasteiger partial charge in [0.05, 0.1) is 44.3 Å². The van der Waals surface area contributed by atoms with Gasteiger partial charge in [-0.1, -0.05) is 392 Å². The molecule has 2 aliphatic carbocycles. The first-order valence-electron chi connectivity index (χ1n) is 44.1. The molecule has 0 radical (unpaired) electrons. The third-order valence-corrected chi connectivity index (χ3v) is 28.1. The van der Waals surface area contributed by atoms with Gasteiger partial charge in [-0.2, -0.15) is 0 Å². The zero-order valence-corrected chi connectivity index (χ0v) is 70.7. The molecular formula is C122H88N4. The second-order valence-electron chi connectivity index (χ2n) is 35.3. The minimum absolute atomic E-state index is 0.282. The van der Waals surface area contributed by atoms with Crippen LogP contribution in [0.15, 0.2) is 461 Å². The van der Waals surface area contributed by atoms with Crippen molar-refractivity contribution in [3.63, 3.8) is 0 Å². The van der Waals surface area contributed by atoms with Gasteiger partial charge in [0.15, 0.2) is 0 Å². The van der Waals surface area contributed by atoms with Crippen LogP contribution in [0, 0.1) is 0 Å². The lowest BCUT2D eigenvalue weighted by atomic mass is 9.52. The summed E-state index contributed by atoms with van der Waals surface area (Å²) in [7, 11) is 0.